The molecule has 2 heterocycles. The van der Waals surface area contributed by atoms with E-state index in [1.165, 1.54) is 6.21 Å². The Labute approximate surface area is 182 Å². The summed E-state index contributed by atoms with van der Waals surface area (Å²) >= 11 is 0.883. The van der Waals surface area contributed by atoms with Crippen LogP contribution in [0.3, 0.4) is 0 Å². The van der Waals surface area contributed by atoms with E-state index in [4.69, 9.17) is 0 Å². The summed E-state index contributed by atoms with van der Waals surface area (Å²) in [5.74, 6) is -1.38. The summed E-state index contributed by atoms with van der Waals surface area (Å²) in [7, 11) is 0. The number of nitrogens with one attached hydrogen (secondary N) is 2. The van der Waals surface area contributed by atoms with Crippen molar-refractivity contribution in [2.45, 2.75) is 6.42 Å². The summed E-state index contributed by atoms with van der Waals surface area (Å²) in [4.78, 5) is 48.4. The number of non-ortho nitro benzene ring substituents is 1. The van der Waals surface area contributed by atoms with Gasteiger partial charge in [-0.25, -0.2) is 5.43 Å². The molecule has 0 aliphatic carbocycles. The van der Waals surface area contributed by atoms with E-state index < -0.39 is 33.0 Å². The number of hydrogen-bond acceptors (Lipinski definition) is 11. The summed E-state index contributed by atoms with van der Waals surface area (Å²) in [5.41, 5.74) is 1.42. The van der Waals surface area contributed by atoms with E-state index in [-0.39, 0.29) is 22.1 Å². The van der Waals surface area contributed by atoms with Crippen LogP contribution in [0.2, 0.25) is 0 Å². The van der Waals surface area contributed by atoms with E-state index in [1.54, 1.807) is 24.5 Å². The Morgan fingerprint density at radius 2 is 1.84 bits per heavy atom. The van der Waals surface area contributed by atoms with Crippen LogP contribution in [-0.2, 0) is 11.2 Å². The van der Waals surface area contributed by atoms with Gasteiger partial charge >= 0.3 is 0 Å². The molecule has 0 saturated heterocycles. The molecule has 14 nitrogen and oxygen atoms in total. The Hall–Kier alpha value is -4.66. The summed E-state index contributed by atoms with van der Waals surface area (Å²) in [6, 6.07) is 6.04. The van der Waals surface area contributed by atoms with Gasteiger partial charge in [0.25, 0.3) is 17.3 Å². The highest BCUT2D eigenvalue weighted by molar-refractivity contribution is 7.15. The summed E-state index contributed by atoms with van der Waals surface area (Å²) < 4.78 is 0. The van der Waals surface area contributed by atoms with Gasteiger partial charge in [0, 0.05) is 18.5 Å². The molecule has 0 fully saturated rings. The molecule has 2 aromatic heterocycles. The molecular weight excluding hydrogens is 444 g/mol. The molecule has 0 spiro atoms. The normalized spacial score (nSPS) is 10.6. The third kappa shape index (κ3) is 5.70. The highest BCUT2D eigenvalue weighted by atomic mass is 32.1. The second-order valence-corrected chi connectivity index (χ2v) is 6.98. The number of hydrazone groups is 1. The first-order chi connectivity index (χ1) is 15.3. The monoisotopic (exact) mass is 456 g/mol. The number of amides is 2. The first kappa shape index (κ1) is 22.0. The number of pyridine rings is 1. The van der Waals surface area contributed by atoms with Crippen molar-refractivity contribution in [1.29, 1.82) is 0 Å². The predicted octanol–water partition coefficient (Wildman–Crippen LogP) is 1.69. The Morgan fingerprint density at radius 3 is 2.53 bits per heavy atom. The minimum Gasteiger partial charge on any atom is -0.296 e. The third-order valence-corrected chi connectivity index (χ3v) is 4.58. The molecule has 2 N–H and O–H groups in total. The van der Waals surface area contributed by atoms with E-state index in [9.17, 15) is 29.8 Å². The van der Waals surface area contributed by atoms with E-state index in [2.05, 4.69) is 31.0 Å². The quantitative estimate of drug-likeness (QED) is 0.288. The number of aromatic nitrogens is 3. The molecule has 0 aliphatic rings. The van der Waals surface area contributed by atoms with Crippen molar-refractivity contribution in [1.82, 2.24) is 20.6 Å². The lowest BCUT2D eigenvalue weighted by molar-refractivity contribution is -0.394. The van der Waals surface area contributed by atoms with Crippen LogP contribution in [0.15, 0.2) is 47.8 Å². The predicted molar refractivity (Wildman–Crippen MR) is 111 cm³/mol. The van der Waals surface area contributed by atoms with Crippen LogP contribution in [0, 0.1) is 20.2 Å². The van der Waals surface area contributed by atoms with Crippen molar-refractivity contribution >= 4 is 45.9 Å². The molecule has 162 valence electrons. The zero-order chi connectivity index (χ0) is 23.1. The van der Waals surface area contributed by atoms with Crippen LogP contribution < -0.4 is 10.7 Å². The molecule has 0 bridgehead atoms. The lowest BCUT2D eigenvalue weighted by Crippen LogP contribution is -2.19. The van der Waals surface area contributed by atoms with Gasteiger partial charge in [-0.15, -0.1) is 10.2 Å². The van der Waals surface area contributed by atoms with Crippen molar-refractivity contribution in [2.24, 2.45) is 5.10 Å². The number of carbonyl (C=O) groups is 2. The SMILES string of the molecule is O=C(Cc1nnc(NC(=O)c2ccc([N+](=O)[O-])cc2[N+](=O)[O-])s1)N/N=C\c1ccncc1. The molecule has 0 saturated carbocycles. The van der Waals surface area contributed by atoms with Crippen LogP contribution in [0.5, 0.6) is 0 Å². The maximum atomic E-state index is 12.4. The van der Waals surface area contributed by atoms with Crippen LogP contribution in [0.1, 0.15) is 20.9 Å². The molecule has 0 unspecified atom stereocenters. The summed E-state index contributed by atoms with van der Waals surface area (Å²) in [5, 5.41) is 35.8. The van der Waals surface area contributed by atoms with Crippen molar-refractivity contribution in [2.75, 3.05) is 5.32 Å². The Bertz CT molecular complexity index is 1210. The van der Waals surface area contributed by atoms with Crippen LogP contribution in [-0.4, -0.2) is 43.1 Å². The van der Waals surface area contributed by atoms with Gasteiger partial charge in [0.2, 0.25) is 11.0 Å². The highest BCUT2D eigenvalue weighted by Crippen LogP contribution is 2.26. The number of carbonyl (C=O) groups excluding carboxylic acids is 2. The Morgan fingerprint density at radius 1 is 1.09 bits per heavy atom. The molecule has 15 heteroatoms. The largest absolute Gasteiger partial charge is 0.296 e. The molecule has 0 radical (unpaired) electrons. The minimum absolute atomic E-state index is 0.00858. The second kappa shape index (κ2) is 9.90. The number of nitro groups is 2. The van der Waals surface area contributed by atoms with Gasteiger partial charge in [-0.1, -0.05) is 11.3 Å². The zero-order valence-electron chi connectivity index (χ0n) is 15.9. The molecule has 1 aromatic carbocycles. The topological polar surface area (TPSA) is 196 Å². The van der Waals surface area contributed by atoms with Crippen molar-refractivity contribution in [3.63, 3.8) is 0 Å². The lowest BCUT2D eigenvalue weighted by Gasteiger charge is -2.02. The Balaban J connectivity index is 1.62. The second-order valence-electron chi connectivity index (χ2n) is 5.92. The van der Waals surface area contributed by atoms with Gasteiger partial charge in [0.15, 0.2) is 0 Å². The minimum atomic E-state index is -0.902. The number of hydrogen-bond donors (Lipinski definition) is 2. The van der Waals surface area contributed by atoms with Crippen molar-refractivity contribution in [3.05, 3.63) is 79.1 Å². The van der Waals surface area contributed by atoms with E-state index >= 15 is 0 Å². The molecule has 3 aromatic rings. The summed E-state index contributed by atoms with van der Waals surface area (Å²) in [6.07, 6.45) is 4.42. The molecule has 3 rings (SSSR count). The van der Waals surface area contributed by atoms with E-state index in [0.717, 1.165) is 29.0 Å². The van der Waals surface area contributed by atoms with Gasteiger partial charge in [0.1, 0.15) is 10.6 Å². The lowest BCUT2D eigenvalue weighted by atomic mass is 10.1. The first-order valence-corrected chi connectivity index (χ1v) is 9.43. The average molecular weight is 456 g/mol. The van der Waals surface area contributed by atoms with Gasteiger partial charge in [0.05, 0.1) is 28.5 Å². The number of nitro benzene ring substituents is 2. The fraction of sp³-hybridized carbons (Fsp3) is 0.0588. The van der Waals surface area contributed by atoms with Gasteiger partial charge < -0.3 is 0 Å². The maximum absolute atomic E-state index is 12.4. The molecule has 32 heavy (non-hydrogen) atoms. The molecule has 2 amide bonds. The fourth-order valence-corrected chi connectivity index (χ4v) is 3.06. The first-order valence-electron chi connectivity index (χ1n) is 8.62. The number of nitrogens with zero attached hydrogens (tertiary/aromatic N) is 6. The zero-order valence-corrected chi connectivity index (χ0v) is 16.7. The maximum Gasteiger partial charge on any atom is 0.289 e. The van der Waals surface area contributed by atoms with E-state index in [0.29, 0.717) is 6.07 Å². The fourth-order valence-electron chi connectivity index (χ4n) is 2.32. The standard InChI is InChI=1S/C17H12N8O6S/c26-14(21-19-9-10-3-5-18-6-4-10)8-15-22-23-17(32-15)20-16(27)12-2-1-11(24(28)29)7-13(12)25(30)31/h1-7,9H,8H2,(H,21,26)(H,20,23,27)/b19-9-. The Kier molecular flexibility index (Phi) is 6.81. The van der Waals surface area contributed by atoms with Gasteiger partial charge in [-0.2, -0.15) is 5.10 Å². The molecular formula is C17H12N8O6S. The van der Waals surface area contributed by atoms with Crippen LogP contribution in [0.4, 0.5) is 16.5 Å². The smallest absolute Gasteiger partial charge is 0.289 e. The number of rotatable bonds is 8. The molecule has 0 atom stereocenters. The third-order valence-electron chi connectivity index (χ3n) is 3.74. The van der Waals surface area contributed by atoms with Crippen LogP contribution >= 0.6 is 11.3 Å². The highest BCUT2D eigenvalue weighted by Gasteiger charge is 2.25. The van der Waals surface area contributed by atoms with Crippen molar-refractivity contribution in [3.8, 4) is 0 Å². The average Bonchev–Trinajstić information content (AvgIpc) is 3.20. The summed E-state index contributed by atoms with van der Waals surface area (Å²) in [6.45, 7) is 0. The van der Waals surface area contributed by atoms with Gasteiger partial charge in [-0.05, 0) is 23.8 Å². The van der Waals surface area contributed by atoms with Crippen LogP contribution in [0.25, 0.3) is 0 Å². The number of anilines is 1. The number of benzene rings is 1. The van der Waals surface area contributed by atoms with Gasteiger partial charge in [-0.3, -0.25) is 40.1 Å². The van der Waals surface area contributed by atoms with Crippen molar-refractivity contribution < 1.29 is 19.4 Å². The molecule has 0 aliphatic heterocycles. The van der Waals surface area contributed by atoms with E-state index in [1.807, 2.05) is 0 Å².